The number of benzene rings is 1. The number of aromatic carboxylic acids is 1. The Bertz CT molecular complexity index is 1600. The Morgan fingerprint density at radius 2 is 2.00 bits per heavy atom. The largest absolute Gasteiger partial charge is 0.477 e. The van der Waals surface area contributed by atoms with Crippen LogP contribution in [-0.4, -0.2) is 65.0 Å². The van der Waals surface area contributed by atoms with E-state index in [1.165, 1.54) is 12.3 Å². The molecular weight excluding hydrogens is 593 g/mol. The van der Waals surface area contributed by atoms with E-state index in [9.17, 15) is 14.7 Å². The fourth-order valence-electron chi connectivity index (χ4n) is 4.76. The molecule has 1 aliphatic rings. The Hall–Kier alpha value is -3.57. The molecule has 2 N–H and O–H groups in total. The molecule has 0 saturated carbocycles. The molecule has 41 heavy (non-hydrogen) atoms. The molecule has 1 aromatic carbocycles. The van der Waals surface area contributed by atoms with Crippen molar-refractivity contribution in [1.29, 1.82) is 0 Å². The lowest BCUT2D eigenvalue weighted by molar-refractivity contribution is 0.0695. The number of carbonyl (C=O) groups is 1. The number of aromatic nitrogens is 3. The monoisotopic (exact) mass is 619 g/mol. The van der Waals surface area contributed by atoms with E-state index >= 15 is 0 Å². The van der Waals surface area contributed by atoms with Crippen molar-refractivity contribution in [2.45, 2.75) is 18.9 Å². The third-order valence-corrected chi connectivity index (χ3v) is 7.32. The van der Waals surface area contributed by atoms with Crippen molar-refractivity contribution >= 4 is 58.2 Å². The van der Waals surface area contributed by atoms with Crippen LogP contribution in [0.4, 0.5) is 5.69 Å². The van der Waals surface area contributed by atoms with Gasteiger partial charge in [0.05, 0.1) is 34.2 Å². The van der Waals surface area contributed by atoms with E-state index in [4.69, 9.17) is 32.7 Å². The highest BCUT2D eigenvalue weighted by Gasteiger charge is 2.28. The van der Waals surface area contributed by atoms with Gasteiger partial charge in [-0.2, -0.15) is 0 Å². The average molecular weight is 621 g/mol. The van der Waals surface area contributed by atoms with Gasteiger partial charge in [0.25, 0.3) is 0 Å². The van der Waals surface area contributed by atoms with Crippen molar-refractivity contribution in [3.8, 4) is 17.4 Å². The summed E-state index contributed by atoms with van der Waals surface area (Å²) in [6.07, 6.45) is 6.29. The van der Waals surface area contributed by atoms with Crippen LogP contribution in [0.25, 0.3) is 16.6 Å². The second kappa shape index (κ2) is 13.4. The number of anilines is 1. The summed E-state index contributed by atoms with van der Waals surface area (Å²) in [7, 11) is 1.83. The predicted molar refractivity (Wildman–Crippen MR) is 161 cm³/mol. The van der Waals surface area contributed by atoms with Crippen LogP contribution in [-0.2, 0) is 0 Å². The van der Waals surface area contributed by atoms with Crippen LogP contribution in [0.5, 0.6) is 11.8 Å². The summed E-state index contributed by atoms with van der Waals surface area (Å²) in [4.78, 5) is 35.8. The molecule has 1 saturated heterocycles. The molecule has 3 aromatic heterocycles. The zero-order valence-electron chi connectivity index (χ0n) is 22.0. The molecule has 10 nitrogen and oxygen atoms in total. The molecule has 216 valence electrons. The van der Waals surface area contributed by atoms with E-state index in [0.717, 1.165) is 19.4 Å². The molecular formula is C28H28Cl3N5O5. The number of halogens is 3. The standard InChI is InChI=1S/C28H27Cl2N5O5.ClH/c1-31-9-11-39-25-7-6-17(14-33-25)35-15-20(28(37)38)26(36)19-12-22(30)24(13-23(19)35)34-10-3-4-18(34)16-40-27-21(29)5-2-8-32-27;/h2,5-8,12-15,18,31H,3-4,9-11,16H2,1H3,(H,37,38);1H/t18-;/m1./s1. The Morgan fingerprint density at radius 3 is 2.71 bits per heavy atom. The van der Waals surface area contributed by atoms with E-state index < -0.39 is 11.4 Å². The summed E-state index contributed by atoms with van der Waals surface area (Å²) >= 11 is 12.9. The molecule has 0 spiro atoms. The van der Waals surface area contributed by atoms with Crippen molar-refractivity contribution < 1.29 is 19.4 Å². The number of fused-ring (bicyclic) bond motifs is 1. The van der Waals surface area contributed by atoms with Gasteiger partial charge in [-0.25, -0.2) is 14.8 Å². The number of hydrogen-bond donors (Lipinski definition) is 2. The number of carboxylic acids is 1. The lowest BCUT2D eigenvalue weighted by Gasteiger charge is -2.28. The highest BCUT2D eigenvalue weighted by Crippen LogP contribution is 2.36. The Balaban J connectivity index is 0.00000387. The first kappa shape index (κ1) is 30.4. The minimum atomic E-state index is -1.33. The van der Waals surface area contributed by atoms with Crippen LogP contribution >= 0.6 is 35.6 Å². The number of carboxylic acid groups (broad SMARTS) is 1. The number of nitrogens with zero attached hydrogens (tertiary/aromatic N) is 4. The summed E-state index contributed by atoms with van der Waals surface area (Å²) in [5, 5.41) is 13.7. The van der Waals surface area contributed by atoms with Crippen LogP contribution < -0.4 is 25.1 Å². The molecule has 0 bridgehead atoms. The van der Waals surface area contributed by atoms with Gasteiger partial charge in [-0.3, -0.25) is 4.79 Å². The molecule has 0 radical (unpaired) electrons. The first-order valence-corrected chi connectivity index (χ1v) is 13.5. The summed E-state index contributed by atoms with van der Waals surface area (Å²) < 4.78 is 13.2. The number of likely N-dealkylation sites (N-methyl/N-ethyl adjacent to an activating group) is 1. The van der Waals surface area contributed by atoms with E-state index in [1.807, 2.05) is 13.1 Å². The zero-order chi connectivity index (χ0) is 28.2. The predicted octanol–water partition coefficient (Wildman–Crippen LogP) is 4.85. The number of ether oxygens (including phenoxy) is 2. The van der Waals surface area contributed by atoms with Gasteiger partial charge >= 0.3 is 5.97 Å². The SMILES string of the molecule is CNCCOc1ccc(-n2cc(C(=O)O)c(=O)c3cc(Cl)c(N4CCC[C@@H]4COc4ncccc4Cl)cc32)cn1.Cl. The first-order chi connectivity index (χ1) is 19.4. The second-order valence-corrected chi connectivity index (χ2v) is 10.1. The summed E-state index contributed by atoms with van der Waals surface area (Å²) in [6, 6.07) is 10.2. The lowest BCUT2D eigenvalue weighted by atomic mass is 10.1. The van der Waals surface area contributed by atoms with Gasteiger partial charge in [0.2, 0.25) is 17.2 Å². The van der Waals surface area contributed by atoms with Crippen LogP contribution in [0.2, 0.25) is 10.0 Å². The van der Waals surface area contributed by atoms with Gasteiger partial charge in [0.15, 0.2) is 0 Å². The van der Waals surface area contributed by atoms with Gasteiger partial charge in [-0.05, 0) is 50.2 Å². The van der Waals surface area contributed by atoms with E-state index in [0.29, 0.717) is 58.5 Å². The molecule has 4 heterocycles. The van der Waals surface area contributed by atoms with Crippen LogP contribution in [0.3, 0.4) is 0 Å². The van der Waals surface area contributed by atoms with Crippen molar-refractivity contribution in [2.24, 2.45) is 0 Å². The fourth-order valence-corrected chi connectivity index (χ4v) is 5.21. The van der Waals surface area contributed by atoms with Crippen LogP contribution in [0, 0.1) is 0 Å². The third kappa shape index (κ3) is 6.51. The summed E-state index contributed by atoms with van der Waals surface area (Å²) in [5.74, 6) is -0.535. The minimum absolute atomic E-state index is 0. The number of rotatable bonds is 10. The van der Waals surface area contributed by atoms with Crippen molar-refractivity contribution in [3.63, 3.8) is 0 Å². The molecule has 0 unspecified atom stereocenters. The normalized spacial score (nSPS) is 14.6. The van der Waals surface area contributed by atoms with Gasteiger partial charge in [-0.15, -0.1) is 12.4 Å². The van der Waals surface area contributed by atoms with Crippen molar-refractivity contribution in [3.05, 3.63) is 80.8 Å². The maximum absolute atomic E-state index is 13.1. The molecule has 4 aromatic rings. The smallest absolute Gasteiger partial charge is 0.341 e. The highest BCUT2D eigenvalue weighted by atomic mass is 35.5. The summed E-state index contributed by atoms with van der Waals surface area (Å²) in [5.41, 5.74) is 0.791. The Labute approximate surface area is 252 Å². The third-order valence-electron chi connectivity index (χ3n) is 6.73. The van der Waals surface area contributed by atoms with Gasteiger partial charge in [0.1, 0.15) is 23.8 Å². The topological polar surface area (TPSA) is 119 Å². The van der Waals surface area contributed by atoms with Crippen LogP contribution in [0.15, 0.2) is 59.8 Å². The number of pyridine rings is 3. The van der Waals surface area contributed by atoms with Crippen molar-refractivity contribution in [1.82, 2.24) is 19.9 Å². The number of hydrogen-bond acceptors (Lipinski definition) is 8. The van der Waals surface area contributed by atoms with E-state index in [2.05, 4.69) is 20.2 Å². The Kier molecular flexibility index (Phi) is 9.93. The lowest BCUT2D eigenvalue weighted by Crippen LogP contribution is -2.34. The fraction of sp³-hybridized carbons (Fsp3) is 0.286. The molecule has 5 rings (SSSR count). The molecule has 0 amide bonds. The van der Waals surface area contributed by atoms with Gasteiger partial charge in [0, 0.05) is 36.9 Å². The molecule has 1 aliphatic heterocycles. The maximum Gasteiger partial charge on any atom is 0.341 e. The van der Waals surface area contributed by atoms with Crippen molar-refractivity contribution in [2.75, 3.05) is 38.3 Å². The van der Waals surface area contributed by atoms with E-state index in [1.54, 1.807) is 41.2 Å². The molecule has 0 aliphatic carbocycles. The Morgan fingerprint density at radius 1 is 1.17 bits per heavy atom. The minimum Gasteiger partial charge on any atom is -0.477 e. The van der Waals surface area contributed by atoms with Gasteiger partial charge in [-0.1, -0.05) is 23.2 Å². The van der Waals surface area contributed by atoms with Gasteiger partial charge < -0.3 is 29.4 Å². The highest BCUT2D eigenvalue weighted by molar-refractivity contribution is 6.34. The first-order valence-electron chi connectivity index (χ1n) is 12.7. The maximum atomic E-state index is 13.1. The summed E-state index contributed by atoms with van der Waals surface area (Å²) in [6.45, 7) is 2.18. The molecule has 1 fully saturated rings. The number of nitrogens with one attached hydrogen (secondary N) is 1. The average Bonchev–Trinajstić information content (AvgIpc) is 3.41. The molecule has 13 heteroatoms. The molecule has 1 atom stereocenters. The van der Waals surface area contributed by atoms with Crippen LogP contribution in [0.1, 0.15) is 23.2 Å². The van der Waals surface area contributed by atoms with E-state index in [-0.39, 0.29) is 29.4 Å². The zero-order valence-corrected chi connectivity index (χ0v) is 24.4. The quantitative estimate of drug-likeness (QED) is 0.240. The second-order valence-electron chi connectivity index (χ2n) is 9.27.